The van der Waals surface area contributed by atoms with Gasteiger partial charge in [-0.2, -0.15) is 0 Å². The number of anilines is 1. The molecule has 1 atom stereocenters. The number of benzene rings is 2. The van der Waals surface area contributed by atoms with Gasteiger partial charge in [-0.15, -0.1) is 0 Å². The van der Waals surface area contributed by atoms with Crippen LogP contribution in [0.1, 0.15) is 61.3 Å². The summed E-state index contributed by atoms with van der Waals surface area (Å²) in [6.45, 7) is 7.31. The smallest absolute Gasteiger partial charge is 0.244 e. The van der Waals surface area contributed by atoms with E-state index >= 15 is 0 Å². The van der Waals surface area contributed by atoms with Gasteiger partial charge in [0.15, 0.2) is 0 Å². The van der Waals surface area contributed by atoms with Crippen LogP contribution in [0.15, 0.2) is 42.5 Å². The highest BCUT2D eigenvalue weighted by atomic mass is 32.2. The average Bonchev–Trinajstić information content (AvgIpc) is 2.80. The van der Waals surface area contributed by atoms with E-state index in [0.29, 0.717) is 5.69 Å². The fourth-order valence-corrected chi connectivity index (χ4v) is 5.58. The van der Waals surface area contributed by atoms with Crippen LogP contribution in [0.3, 0.4) is 0 Å². The molecule has 0 spiro atoms. The van der Waals surface area contributed by atoms with E-state index in [1.807, 2.05) is 51.1 Å². The zero-order chi connectivity index (χ0) is 26.5. The molecular weight excluding hydrogens is 474 g/mol. The topological polar surface area (TPSA) is 86.8 Å². The molecule has 0 saturated heterocycles. The van der Waals surface area contributed by atoms with Gasteiger partial charge in [-0.1, -0.05) is 55.2 Å². The third-order valence-electron chi connectivity index (χ3n) is 6.77. The highest BCUT2D eigenvalue weighted by Gasteiger charge is 2.31. The highest BCUT2D eigenvalue weighted by molar-refractivity contribution is 7.92. The van der Waals surface area contributed by atoms with E-state index < -0.39 is 22.0 Å². The minimum absolute atomic E-state index is 0.118. The number of amides is 2. The van der Waals surface area contributed by atoms with Crippen molar-refractivity contribution in [1.29, 1.82) is 0 Å². The van der Waals surface area contributed by atoms with Gasteiger partial charge in [-0.3, -0.25) is 13.9 Å². The van der Waals surface area contributed by atoms with Crippen molar-refractivity contribution in [3.8, 4) is 0 Å². The average molecular weight is 514 g/mol. The van der Waals surface area contributed by atoms with Crippen LogP contribution in [0, 0.1) is 20.8 Å². The SMILES string of the molecule is Cc1ccc(CN(C(=O)CN(c2cc(C)cc(C)c2)S(C)(=O)=O)C(C)C(=O)NC2CCCCC2)cc1. The van der Waals surface area contributed by atoms with E-state index in [1.165, 1.54) is 11.3 Å². The number of hydrogen-bond donors (Lipinski definition) is 1. The third-order valence-corrected chi connectivity index (χ3v) is 7.91. The number of nitrogens with zero attached hydrogens (tertiary/aromatic N) is 2. The first-order valence-corrected chi connectivity index (χ1v) is 14.5. The molecule has 0 aliphatic heterocycles. The molecule has 1 saturated carbocycles. The van der Waals surface area contributed by atoms with Gasteiger partial charge in [-0.25, -0.2) is 8.42 Å². The summed E-state index contributed by atoms with van der Waals surface area (Å²) >= 11 is 0. The lowest BCUT2D eigenvalue weighted by molar-refractivity contribution is -0.139. The molecule has 36 heavy (non-hydrogen) atoms. The summed E-state index contributed by atoms with van der Waals surface area (Å²) in [4.78, 5) is 28.4. The Bertz CT molecular complexity index is 1150. The maximum absolute atomic E-state index is 13.7. The van der Waals surface area contributed by atoms with Crippen molar-refractivity contribution in [1.82, 2.24) is 10.2 Å². The third kappa shape index (κ3) is 7.56. The molecule has 1 aliphatic carbocycles. The Morgan fingerprint density at radius 1 is 0.944 bits per heavy atom. The van der Waals surface area contributed by atoms with Gasteiger partial charge >= 0.3 is 0 Å². The number of nitrogens with one attached hydrogen (secondary N) is 1. The van der Waals surface area contributed by atoms with Crippen LogP contribution in [0.5, 0.6) is 0 Å². The van der Waals surface area contributed by atoms with Crippen LogP contribution in [0.2, 0.25) is 0 Å². The Balaban J connectivity index is 1.88. The van der Waals surface area contributed by atoms with E-state index in [4.69, 9.17) is 0 Å². The number of hydrogen-bond acceptors (Lipinski definition) is 4. The second-order valence-electron chi connectivity index (χ2n) is 10.1. The number of carbonyl (C=O) groups excluding carboxylic acids is 2. The molecule has 1 aliphatic rings. The van der Waals surface area contributed by atoms with Crippen LogP contribution >= 0.6 is 0 Å². The molecule has 7 nitrogen and oxygen atoms in total. The van der Waals surface area contributed by atoms with Gasteiger partial charge in [0, 0.05) is 12.6 Å². The number of sulfonamides is 1. The maximum Gasteiger partial charge on any atom is 0.244 e. The molecule has 1 unspecified atom stereocenters. The van der Waals surface area contributed by atoms with Crippen molar-refractivity contribution in [2.24, 2.45) is 0 Å². The molecule has 1 N–H and O–H groups in total. The van der Waals surface area contributed by atoms with E-state index in [9.17, 15) is 18.0 Å². The molecular formula is C28H39N3O4S. The fourth-order valence-electron chi connectivity index (χ4n) is 4.75. The van der Waals surface area contributed by atoms with Gasteiger partial charge < -0.3 is 10.2 Å². The Kier molecular flexibility index (Phi) is 9.17. The number of aryl methyl sites for hydroxylation is 3. The predicted octanol–water partition coefficient (Wildman–Crippen LogP) is 4.24. The number of carbonyl (C=O) groups is 2. The van der Waals surface area contributed by atoms with Crippen LogP contribution in [0.25, 0.3) is 0 Å². The molecule has 0 aromatic heterocycles. The second-order valence-corrected chi connectivity index (χ2v) is 12.0. The largest absolute Gasteiger partial charge is 0.352 e. The maximum atomic E-state index is 13.7. The molecule has 1 fully saturated rings. The molecule has 0 radical (unpaired) electrons. The molecule has 2 amide bonds. The monoisotopic (exact) mass is 513 g/mol. The lowest BCUT2D eigenvalue weighted by Crippen LogP contribution is -2.53. The van der Waals surface area contributed by atoms with Gasteiger partial charge in [0.1, 0.15) is 12.6 Å². The molecule has 0 bridgehead atoms. The van der Waals surface area contributed by atoms with Crippen LogP contribution in [0.4, 0.5) is 5.69 Å². The lowest BCUT2D eigenvalue weighted by Gasteiger charge is -2.33. The number of rotatable bonds is 9. The second kappa shape index (κ2) is 11.9. The summed E-state index contributed by atoms with van der Waals surface area (Å²) in [6, 6.07) is 12.6. The summed E-state index contributed by atoms with van der Waals surface area (Å²) in [7, 11) is -3.74. The molecule has 0 heterocycles. The van der Waals surface area contributed by atoms with Crippen molar-refractivity contribution >= 4 is 27.5 Å². The van der Waals surface area contributed by atoms with E-state index in [1.54, 1.807) is 19.1 Å². The minimum Gasteiger partial charge on any atom is -0.352 e. The van der Waals surface area contributed by atoms with E-state index in [0.717, 1.165) is 58.5 Å². The van der Waals surface area contributed by atoms with Gasteiger partial charge in [0.05, 0.1) is 11.9 Å². The molecule has 2 aromatic carbocycles. The van der Waals surface area contributed by atoms with Crippen molar-refractivity contribution < 1.29 is 18.0 Å². The summed E-state index contributed by atoms with van der Waals surface area (Å²) in [5, 5.41) is 3.11. The minimum atomic E-state index is -3.74. The first-order chi connectivity index (χ1) is 16.9. The Hall–Kier alpha value is -2.87. The van der Waals surface area contributed by atoms with Crippen LogP contribution in [-0.4, -0.2) is 50.0 Å². The fraction of sp³-hybridized carbons (Fsp3) is 0.500. The first kappa shape index (κ1) is 27.7. The Morgan fingerprint density at radius 3 is 2.08 bits per heavy atom. The summed E-state index contributed by atoms with van der Waals surface area (Å²) in [6.07, 6.45) is 6.34. The molecule has 2 aromatic rings. The summed E-state index contributed by atoms with van der Waals surface area (Å²) in [5.41, 5.74) is 4.23. The van der Waals surface area contributed by atoms with E-state index in [-0.39, 0.29) is 25.0 Å². The van der Waals surface area contributed by atoms with Crippen molar-refractivity contribution in [2.75, 3.05) is 17.1 Å². The standard InChI is InChI=1S/C28H39N3O4S/c1-20-11-13-24(14-12-20)18-30(23(4)28(33)29-25-9-7-6-8-10-25)27(32)19-31(36(5,34)35)26-16-21(2)15-22(3)17-26/h11-17,23,25H,6-10,18-19H2,1-5H3,(H,29,33). The normalized spacial score (nSPS) is 15.2. The zero-order valence-corrected chi connectivity index (χ0v) is 22.9. The highest BCUT2D eigenvalue weighted by Crippen LogP contribution is 2.23. The Labute approximate surface area is 215 Å². The van der Waals surface area contributed by atoms with Crippen molar-refractivity contribution in [3.05, 3.63) is 64.7 Å². The van der Waals surface area contributed by atoms with Crippen LogP contribution in [-0.2, 0) is 26.2 Å². The summed E-state index contributed by atoms with van der Waals surface area (Å²) in [5.74, 6) is -0.633. The van der Waals surface area contributed by atoms with Gasteiger partial charge in [0.25, 0.3) is 0 Å². The Morgan fingerprint density at radius 2 is 1.53 bits per heavy atom. The first-order valence-electron chi connectivity index (χ1n) is 12.7. The summed E-state index contributed by atoms with van der Waals surface area (Å²) < 4.78 is 26.6. The van der Waals surface area contributed by atoms with Crippen molar-refractivity contribution in [3.63, 3.8) is 0 Å². The van der Waals surface area contributed by atoms with Crippen LogP contribution < -0.4 is 9.62 Å². The molecule has 3 rings (SSSR count). The zero-order valence-electron chi connectivity index (χ0n) is 22.1. The lowest BCUT2D eigenvalue weighted by atomic mass is 9.95. The van der Waals surface area contributed by atoms with Gasteiger partial charge in [-0.05, 0) is 69.4 Å². The van der Waals surface area contributed by atoms with Gasteiger partial charge in [0.2, 0.25) is 21.8 Å². The molecule has 8 heteroatoms. The quantitative estimate of drug-likeness (QED) is 0.543. The van der Waals surface area contributed by atoms with Crippen molar-refractivity contribution in [2.45, 2.75) is 78.4 Å². The van der Waals surface area contributed by atoms with E-state index in [2.05, 4.69) is 5.32 Å². The molecule has 196 valence electrons. The predicted molar refractivity (Wildman–Crippen MR) is 144 cm³/mol.